The monoisotopic (exact) mass is 548 g/mol. The zero-order valence-corrected chi connectivity index (χ0v) is 21.4. The molecular formula is C22H37IN4O2S. The molecule has 1 aliphatic heterocycles. The van der Waals surface area contributed by atoms with Gasteiger partial charge in [0.15, 0.2) is 5.96 Å². The van der Waals surface area contributed by atoms with Crippen LogP contribution in [0.15, 0.2) is 29.3 Å². The zero-order valence-electron chi connectivity index (χ0n) is 18.3. The number of anilines is 1. The summed E-state index contributed by atoms with van der Waals surface area (Å²) in [7, 11) is -0.703. The van der Waals surface area contributed by atoms with Crippen LogP contribution in [0.5, 0.6) is 0 Å². The third kappa shape index (κ3) is 7.67. The fourth-order valence-corrected chi connectivity index (χ4v) is 5.42. The number of morpholine rings is 1. The van der Waals surface area contributed by atoms with Crippen LogP contribution in [0.1, 0.15) is 45.1 Å². The number of guanidine groups is 1. The molecule has 30 heavy (non-hydrogen) atoms. The van der Waals surface area contributed by atoms with E-state index in [2.05, 4.69) is 46.7 Å². The minimum absolute atomic E-state index is 0. The molecule has 3 atom stereocenters. The zero-order chi connectivity index (χ0) is 20.5. The minimum Gasteiger partial charge on any atom is -0.378 e. The number of hydrogen-bond donors (Lipinski definition) is 2. The lowest BCUT2D eigenvalue weighted by atomic mass is 9.95. The van der Waals surface area contributed by atoms with Crippen molar-refractivity contribution < 1.29 is 8.95 Å². The molecule has 0 spiro atoms. The van der Waals surface area contributed by atoms with Crippen molar-refractivity contribution in [3.8, 4) is 0 Å². The molecule has 1 aliphatic carbocycles. The lowest BCUT2D eigenvalue weighted by Gasteiger charge is -2.30. The summed E-state index contributed by atoms with van der Waals surface area (Å²) in [5.41, 5.74) is 2.45. The smallest absolute Gasteiger partial charge is 0.191 e. The van der Waals surface area contributed by atoms with E-state index in [1.165, 1.54) is 11.3 Å². The van der Waals surface area contributed by atoms with Crippen LogP contribution >= 0.6 is 24.0 Å². The quantitative estimate of drug-likeness (QED) is 0.311. The number of rotatable bonds is 7. The summed E-state index contributed by atoms with van der Waals surface area (Å²) in [4.78, 5) is 7.16. The number of ether oxygens (including phenoxy) is 1. The van der Waals surface area contributed by atoms with E-state index in [0.717, 1.165) is 70.2 Å². The fourth-order valence-electron chi connectivity index (χ4n) is 4.07. The molecule has 2 aliphatic rings. The average molecular weight is 549 g/mol. The molecule has 8 heteroatoms. The Hall–Kier alpha value is -0.870. The van der Waals surface area contributed by atoms with Crippen LogP contribution in [-0.2, 0) is 22.1 Å². The second-order valence-corrected chi connectivity index (χ2v) is 9.77. The van der Waals surface area contributed by atoms with Crippen molar-refractivity contribution in [3.63, 3.8) is 0 Å². The Labute approximate surface area is 201 Å². The van der Waals surface area contributed by atoms with Gasteiger partial charge in [0.2, 0.25) is 0 Å². The number of halogens is 1. The largest absolute Gasteiger partial charge is 0.378 e. The summed E-state index contributed by atoms with van der Waals surface area (Å²) in [6.45, 7) is 9.10. The SMILES string of the molecule is CCNC(=NCc1ccc(N2CCOCC2)cc1)NC1CCCC(S(=O)CC)C1.I. The van der Waals surface area contributed by atoms with Crippen molar-refractivity contribution in [3.05, 3.63) is 29.8 Å². The second-order valence-electron chi connectivity index (χ2n) is 7.76. The van der Waals surface area contributed by atoms with Crippen molar-refractivity contribution in [2.75, 3.05) is 43.5 Å². The molecule has 2 N–H and O–H groups in total. The summed E-state index contributed by atoms with van der Waals surface area (Å²) in [6.07, 6.45) is 4.31. The lowest BCUT2D eigenvalue weighted by molar-refractivity contribution is 0.122. The van der Waals surface area contributed by atoms with Crippen molar-refractivity contribution in [1.82, 2.24) is 10.6 Å². The van der Waals surface area contributed by atoms with Gasteiger partial charge in [-0.2, -0.15) is 0 Å². The summed E-state index contributed by atoms with van der Waals surface area (Å²) < 4.78 is 17.6. The average Bonchev–Trinajstić information content (AvgIpc) is 2.78. The molecule has 1 aromatic carbocycles. The van der Waals surface area contributed by atoms with Gasteiger partial charge in [0.25, 0.3) is 0 Å². The van der Waals surface area contributed by atoms with Crippen LogP contribution in [0, 0.1) is 0 Å². The van der Waals surface area contributed by atoms with Gasteiger partial charge in [-0.25, -0.2) is 4.99 Å². The van der Waals surface area contributed by atoms with Crippen LogP contribution in [0.3, 0.4) is 0 Å². The first-order valence-corrected chi connectivity index (χ1v) is 12.4. The van der Waals surface area contributed by atoms with Gasteiger partial charge in [0.05, 0.1) is 19.8 Å². The summed E-state index contributed by atoms with van der Waals surface area (Å²) in [6, 6.07) is 9.05. The van der Waals surface area contributed by atoms with Gasteiger partial charge in [-0.3, -0.25) is 4.21 Å². The third-order valence-corrected chi connectivity index (χ3v) is 7.44. The van der Waals surface area contributed by atoms with E-state index in [1.54, 1.807) is 0 Å². The van der Waals surface area contributed by atoms with Crippen molar-refractivity contribution in [2.45, 2.75) is 57.4 Å². The molecule has 6 nitrogen and oxygen atoms in total. The van der Waals surface area contributed by atoms with E-state index in [0.29, 0.717) is 17.8 Å². The molecule has 3 rings (SSSR count). The summed E-state index contributed by atoms with van der Waals surface area (Å²) >= 11 is 0. The van der Waals surface area contributed by atoms with E-state index in [1.807, 2.05) is 6.92 Å². The molecule has 2 fully saturated rings. The van der Waals surface area contributed by atoms with Gasteiger partial charge in [-0.1, -0.05) is 25.5 Å². The van der Waals surface area contributed by atoms with Gasteiger partial charge in [0.1, 0.15) is 0 Å². The van der Waals surface area contributed by atoms with E-state index in [4.69, 9.17) is 9.73 Å². The summed E-state index contributed by atoms with van der Waals surface area (Å²) in [5, 5.41) is 7.26. The highest BCUT2D eigenvalue weighted by atomic mass is 127. The molecule has 1 heterocycles. The van der Waals surface area contributed by atoms with Gasteiger partial charge in [-0.15, -0.1) is 24.0 Å². The van der Waals surface area contributed by atoms with Crippen LogP contribution in [-0.4, -0.2) is 60.1 Å². The van der Waals surface area contributed by atoms with Crippen molar-refractivity contribution in [1.29, 1.82) is 0 Å². The number of hydrogen-bond acceptors (Lipinski definition) is 4. The highest BCUT2D eigenvalue weighted by Gasteiger charge is 2.26. The Balaban J connectivity index is 0.00000320. The van der Waals surface area contributed by atoms with Crippen LogP contribution in [0.25, 0.3) is 0 Å². The Morgan fingerprint density at radius 1 is 1.20 bits per heavy atom. The first-order chi connectivity index (χ1) is 14.2. The number of nitrogens with one attached hydrogen (secondary N) is 2. The molecule has 170 valence electrons. The van der Waals surface area contributed by atoms with Crippen LogP contribution < -0.4 is 15.5 Å². The van der Waals surface area contributed by atoms with Crippen LogP contribution in [0.2, 0.25) is 0 Å². The van der Waals surface area contributed by atoms with E-state index in [-0.39, 0.29) is 24.0 Å². The number of benzene rings is 1. The molecule has 1 saturated carbocycles. The molecular weight excluding hydrogens is 511 g/mol. The molecule has 0 bridgehead atoms. The minimum atomic E-state index is -0.703. The Bertz CT molecular complexity index is 680. The predicted octanol–water partition coefficient (Wildman–Crippen LogP) is 3.28. The normalized spacial score (nSPS) is 23.4. The van der Waals surface area contributed by atoms with E-state index >= 15 is 0 Å². The Morgan fingerprint density at radius 2 is 1.93 bits per heavy atom. The Kier molecular flexibility index (Phi) is 11.4. The molecule has 3 unspecified atom stereocenters. The highest BCUT2D eigenvalue weighted by Crippen LogP contribution is 2.23. The fraction of sp³-hybridized carbons (Fsp3) is 0.682. The van der Waals surface area contributed by atoms with Gasteiger partial charge < -0.3 is 20.3 Å². The van der Waals surface area contributed by atoms with Gasteiger partial charge in [0, 0.05) is 53.2 Å². The maximum Gasteiger partial charge on any atom is 0.191 e. The first-order valence-electron chi connectivity index (χ1n) is 11.0. The molecule has 0 radical (unpaired) electrons. The maximum atomic E-state index is 12.2. The lowest BCUT2D eigenvalue weighted by Crippen LogP contribution is -2.46. The molecule has 1 saturated heterocycles. The van der Waals surface area contributed by atoms with Crippen LogP contribution in [0.4, 0.5) is 5.69 Å². The summed E-state index contributed by atoms with van der Waals surface area (Å²) in [5.74, 6) is 1.61. The molecule has 0 aromatic heterocycles. The third-order valence-electron chi connectivity index (χ3n) is 5.70. The standard InChI is InChI=1S/C22H36N4O2S.HI/c1-3-23-22(25-19-6-5-7-21(16-19)29(27)4-2)24-17-18-8-10-20(11-9-18)26-12-14-28-15-13-26;/h8-11,19,21H,3-7,12-17H2,1-2H3,(H2,23,24,25);1H. The van der Waals surface area contributed by atoms with Crippen molar-refractivity contribution >= 4 is 46.4 Å². The van der Waals surface area contributed by atoms with E-state index < -0.39 is 10.8 Å². The first kappa shape index (κ1) is 25.4. The highest BCUT2D eigenvalue weighted by molar-refractivity contribution is 14.0. The maximum absolute atomic E-state index is 12.2. The van der Waals surface area contributed by atoms with Crippen molar-refractivity contribution in [2.24, 2.45) is 4.99 Å². The second kappa shape index (κ2) is 13.5. The van der Waals surface area contributed by atoms with E-state index in [9.17, 15) is 4.21 Å². The van der Waals surface area contributed by atoms with Gasteiger partial charge in [-0.05, 0) is 43.9 Å². The van der Waals surface area contributed by atoms with Gasteiger partial charge >= 0.3 is 0 Å². The number of nitrogens with zero attached hydrogens (tertiary/aromatic N) is 2. The number of aliphatic imine (C=N–C) groups is 1. The molecule has 0 amide bonds. The molecule has 1 aromatic rings. The Morgan fingerprint density at radius 3 is 2.60 bits per heavy atom. The topological polar surface area (TPSA) is 66.0 Å². The predicted molar refractivity (Wildman–Crippen MR) is 138 cm³/mol.